The van der Waals surface area contributed by atoms with Gasteiger partial charge in [0.15, 0.2) is 0 Å². The first kappa shape index (κ1) is 18.3. The zero-order valence-corrected chi connectivity index (χ0v) is 14.4. The Bertz CT molecular complexity index is 405. The van der Waals surface area contributed by atoms with Gasteiger partial charge >= 0.3 is 0 Å². The average Bonchev–Trinajstić information content (AvgIpc) is 2.54. The maximum absolute atomic E-state index is 4.19. The summed E-state index contributed by atoms with van der Waals surface area (Å²) in [6.45, 7) is 11.1. The van der Waals surface area contributed by atoms with Gasteiger partial charge in [-0.15, -0.1) is 0 Å². The summed E-state index contributed by atoms with van der Waals surface area (Å²) in [5.41, 5.74) is 1.50. The molecule has 0 aromatic heterocycles. The summed E-state index contributed by atoms with van der Waals surface area (Å²) in [5.74, 6) is 0.809. The van der Waals surface area contributed by atoms with Gasteiger partial charge in [-0.25, -0.2) is 0 Å². The maximum Gasteiger partial charge on any atom is 0.122 e. The molecule has 1 saturated carbocycles. The molecule has 1 aromatic carbocycles. The Morgan fingerprint density at radius 1 is 1.10 bits per heavy atom. The van der Waals surface area contributed by atoms with Crippen LogP contribution in [0.3, 0.4) is 0 Å². The summed E-state index contributed by atoms with van der Waals surface area (Å²) in [7, 11) is 0. The van der Waals surface area contributed by atoms with Crippen molar-refractivity contribution in [1.82, 2.24) is 0 Å². The fourth-order valence-electron chi connectivity index (χ4n) is 4.08. The van der Waals surface area contributed by atoms with Crippen LogP contribution in [-0.4, -0.2) is 17.6 Å². The fraction of sp³-hybridized carbons (Fsp3) is 0.579. The number of quaternary nitrogens is 1. The van der Waals surface area contributed by atoms with E-state index in [2.05, 4.69) is 57.0 Å². The van der Waals surface area contributed by atoms with Crippen LogP contribution in [0.5, 0.6) is 0 Å². The third-order valence-electron chi connectivity index (χ3n) is 5.33. The van der Waals surface area contributed by atoms with E-state index in [1.54, 1.807) is 0 Å². The van der Waals surface area contributed by atoms with Crippen molar-refractivity contribution in [3.05, 3.63) is 48.7 Å². The van der Waals surface area contributed by atoms with Gasteiger partial charge in [-0.2, -0.15) is 0 Å². The summed E-state index contributed by atoms with van der Waals surface area (Å²) in [4.78, 5) is 0. The van der Waals surface area contributed by atoms with Gasteiger partial charge in [-0.05, 0) is 33.3 Å². The number of rotatable bonds is 6. The molecule has 0 spiro atoms. The van der Waals surface area contributed by atoms with Crippen LogP contribution in [0.25, 0.3) is 0 Å². The molecule has 1 fully saturated rings. The lowest BCUT2D eigenvalue weighted by molar-refractivity contribution is -0.911. The molecule has 0 heterocycles. The van der Waals surface area contributed by atoms with Gasteiger partial charge in [0.05, 0.1) is 19.3 Å². The first-order chi connectivity index (χ1) is 9.77. The van der Waals surface area contributed by atoms with Crippen LogP contribution in [0.15, 0.2) is 43.1 Å². The highest BCUT2D eigenvalue weighted by atomic mass is 35.5. The number of halogens is 1. The molecule has 0 amide bonds. The Balaban J connectivity index is 0.00000220. The van der Waals surface area contributed by atoms with Crippen LogP contribution >= 0.6 is 0 Å². The third-order valence-corrected chi connectivity index (χ3v) is 5.33. The molecule has 1 aliphatic carbocycles. The molecule has 1 nitrogen and oxygen atoms in total. The summed E-state index contributed by atoms with van der Waals surface area (Å²) < 4.78 is 1.02. The van der Waals surface area contributed by atoms with E-state index in [1.165, 1.54) is 37.7 Å². The van der Waals surface area contributed by atoms with Crippen molar-refractivity contribution >= 4 is 0 Å². The van der Waals surface area contributed by atoms with Crippen molar-refractivity contribution in [3.8, 4) is 0 Å². The first-order valence-corrected chi connectivity index (χ1v) is 8.32. The molecule has 0 saturated heterocycles. The maximum atomic E-state index is 4.19. The Kier molecular flexibility index (Phi) is 7.48. The van der Waals surface area contributed by atoms with Crippen LogP contribution < -0.4 is 12.4 Å². The second kappa shape index (κ2) is 8.60. The Labute approximate surface area is 137 Å². The molecule has 1 atom stereocenters. The normalized spacial score (nSPS) is 17.8. The Morgan fingerprint density at radius 2 is 1.67 bits per heavy atom. The third kappa shape index (κ3) is 3.90. The molecule has 1 aliphatic rings. The lowest BCUT2D eigenvalue weighted by Gasteiger charge is -2.45. The average molecular weight is 308 g/mol. The summed E-state index contributed by atoms with van der Waals surface area (Å²) >= 11 is 0. The monoisotopic (exact) mass is 307 g/mol. The van der Waals surface area contributed by atoms with E-state index in [9.17, 15) is 0 Å². The van der Waals surface area contributed by atoms with Crippen molar-refractivity contribution in [2.45, 2.75) is 52.0 Å². The Hall–Kier alpha value is -0.790. The van der Waals surface area contributed by atoms with Gasteiger partial charge in [0.1, 0.15) is 6.04 Å². The molecule has 0 aliphatic heterocycles. The van der Waals surface area contributed by atoms with Gasteiger partial charge in [-0.3, -0.25) is 4.48 Å². The van der Waals surface area contributed by atoms with E-state index >= 15 is 0 Å². The van der Waals surface area contributed by atoms with Crippen LogP contribution in [0.1, 0.15) is 57.6 Å². The largest absolute Gasteiger partial charge is 1.00 e. The zero-order chi connectivity index (χ0) is 14.4. The SMILES string of the molecule is C=C[N+](CC)(CC)C(c1ccccc1)C1CCCCC1.[Cl-]. The molecule has 118 valence electrons. The molecule has 1 unspecified atom stereocenters. The molecular weight excluding hydrogens is 278 g/mol. The van der Waals surface area contributed by atoms with E-state index in [-0.39, 0.29) is 12.4 Å². The number of hydrogen-bond acceptors (Lipinski definition) is 0. The van der Waals surface area contributed by atoms with Crippen molar-refractivity contribution < 1.29 is 16.9 Å². The standard InChI is InChI=1S/C19H30N.ClH/c1-4-20(5-2,6-3)19(17-13-9-7-10-14-17)18-15-11-8-12-16-18;/h4,7,9-10,13-14,18-19H,1,5-6,8,11-12,15-16H2,2-3H3;1H/q+1;/p-1. The highest BCUT2D eigenvalue weighted by Crippen LogP contribution is 2.42. The van der Waals surface area contributed by atoms with Crippen LogP contribution in [0.2, 0.25) is 0 Å². The second-order valence-electron chi connectivity index (χ2n) is 6.17. The highest BCUT2D eigenvalue weighted by molar-refractivity contribution is 5.19. The second-order valence-corrected chi connectivity index (χ2v) is 6.17. The lowest BCUT2D eigenvalue weighted by atomic mass is 9.79. The smallest absolute Gasteiger partial charge is 0.122 e. The summed E-state index contributed by atoms with van der Waals surface area (Å²) in [6, 6.07) is 11.7. The van der Waals surface area contributed by atoms with Crippen molar-refractivity contribution in [2.75, 3.05) is 13.1 Å². The van der Waals surface area contributed by atoms with Gasteiger partial charge in [0.2, 0.25) is 0 Å². The Morgan fingerprint density at radius 3 is 2.14 bits per heavy atom. The topological polar surface area (TPSA) is 0 Å². The van der Waals surface area contributed by atoms with Crippen LogP contribution in [0.4, 0.5) is 0 Å². The lowest BCUT2D eigenvalue weighted by Crippen LogP contribution is -3.00. The van der Waals surface area contributed by atoms with E-state index in [4.69, 9.17) is 0 Å². The minimum Gasteiger partial charge on any atom is -1.00 e. The fourth-order valence-corrected chi connectivity index (χ4v) is 4.08. The van der Waals surface area contributed by atoms with Gasteiger partial charge < -0.3 is 12.4 Å². The summed E-state index contributed by atoms with van der Waals surface area (Å²) in [5, 5.41) is 0. The molecule has 0 N–H and O–H groups in total. The molecule has 2 heteroatoms. The molecule has 2 rings (SSSR count). The summed E-state index contributed by atoms with van der Waals surface area (Å²) in [6.07, 6.45) is 9.19. The minimum atomic E-state index is 0. The van der Waals surface area contributed by atoms with Crippen molar-refractivity contribution in [2.24, 2.45) is 5.92 Å². The van der Waals surface area contributed by atoms with E-state index < -0.39 is 0 Å². The quantitative estimate of drug-likeness (QED) is 0.708. The molecular formula is C19H30ClN. The van der Waals surface area contributed by atoms with Crippen molar-refractivity contribution in [3.63, 3.8) is 0 Å². The van der Waals surface area contributed by atoms with E-state index in [0.717, 1.165) is 23.5 Å². The van der Waals surface area contributed by atoms with Gasteiger partial charge in [0, 0.05) is 11.5 Å². The van der Waals surface area contributed by atoms with E-state index in [0.29, 0.717) is 6.04 Å². The predicted octanol–water partition coefficient (Wildman–Crippen LogP) is 2.31. The van der Waals surface area contributed by atoms with Crippen LogP contribution in [-0.2, 0) is 0 Å². The predicted molar refractivity (Wildman–Crippen MR) is 87.3 cm³/mol. The van der Waals surface area contributed by atoms with E-state index in [1.807, 2.05) is 0 Å². The number of hydrogen-bond donors (Lipinski definition) is 0. The van der Waals surface area contributed by atoms with Crippen LogP contribution in [0, 0.1) is 5.92 Å². The minimum absolute atomic E-state index is 0. The molecule has 0 radical (unpaired) electrons. The van der Waals surface area contributed by atoms with Gasteiger partial charge in [0.25, 0.3) is 0 Å². The molecule has 0 bridgehead atoms. The zero-order valence-electron chi connectivity index (χ0n) is 13.6. The first-order valence-electron chi connectivity index (χ1n) is 8.32. The number of nitrogens with zero attached hydrogens (tertiary/aromatic N) is 1. The van der Waals surface area contributed by atoms with Crippen molar-refractivity contribution in [1.29, 1.82) is 0 Å². The van der Waals surface area contributed by atoms with Gasteiger partial charge in [-0.1, -0.05) is 49.6 Å². The number of benzene rings is 1. The molecule has 1 aromatic rings. The highest BCUT2D eigenvalue weighted by Gasteiger charge is 2.39. The molecule has 21 heavy (non-hydrogen) atoms.